The first-order valence-corrected chi connectivity index (χ1v) is 7.72. The number of carbonyl (C=O) groups excluding carboxylic acids is 4. The molecule has 0 aromatic heterocycles. The fourth-order valence-electron chi connectivity index (χ4n) is 2.87. The van der Waals surface area contributed by atoms with E-state index in [1.165, 1.54) is 6.07 Å². The summed E-state index contributed by atoms with van der Waals surface area (Å²) in [6.07, 6.45) is 0.825. The van der Waals surface area contributed by atoms with Gasteiger partial charge in [-0.2, -0.15) is 0 Å². The zero-order chi connectivity index (χ0) is 17.3. The van der Waals surface area contributed by atoms with E-state index in [0.717, 1.165) is 4.90 Å². The number of piperidine rings is 1. The minimum absolute atomic E-state index is 0.0870. The number of nitrogens with zero attached hydrogens (tertiary/aromatic N) is 1. The fourth-order valence-corrected chi connectivity index (χ4v) is 2.87. The maximum absolute atomic E-state index is 12.7. The third kappa shape index (κ3) is 2.65. The molecule has 4 amide bonds. The van der Waals surface area contributed by atoms with Crippen LogP contribution in [0.2, 0.25) is 0 Å². The first-order valence-electron chi connectivity index (χ1n) is 7.72. The molecule has 0 bridgehead atoms. The van der Waals surface area contributed by atoms with Crippen molar-refractivity contribution in [2.75, 3.05) is 13.2 Å². The van der Waals surface area contributed by atoms with Crippen LogP contribution in [0.3, 0.4) is 0 Å². The van der Waals surface area contributed by atoms with E-state index < -0.39 is 29.7 Å². The molecule has 0 saturated carbocycles. The lowest BCUT2D eigenvalue weighted by atomic mass is 10.0. The smallest absolute Gasteiger partial charge is 0.266 e. The number of ether oxygens (including phenoxy) is 1. The Kier molecular flexibility index (Phi) is 4.30. The van der Waals surface area contributed by atoms with Crippen molar-refractivity contribution in [2.24, 2.45) is 5.73 Å². The van der Waals surface area contributed by atoms with Crippen molar-refractivity contribution in [1.29, 1.82) is 0 Å². The predicted molar refractivity (Wildman–Crippen MR) is 82.3 cm³/mol. The Labute approximate surface area is 137 Å². The highest BCUT2D eigenvalue weighted by Gasteiger charge is 2.45. The molecule has 1 atom stereocenters. The topological polar surface area (TPSA) is 119 Å². The number of rotatable bonds is 5. The average molecular weight is 331 g/mol. The van der Waals surface area contributed by atoms with E-state index in [0.29, 0.717) is 25.3 Å². The van der Waals surface area contributed by atoms with Gasteiger partial charge >= 0.3 is 0 Å². The molecule has 1 unspecified atom stereocenters. The SMILES string of the molecule is NCCCOc1cccc2c1C(=O)N(C1CCC(=O)NC1=O)C2=O. The summed E-state index contributed by atoms with van der Waals surface area (Å²) in [7, 11) is 0. The van der Waals surface area contributed by atoms with E-state index in [1.807, 2.05) is 0 Å². The number of imide groups is 2. The zero-order valence-corrected chi connectivity index (χ0v) is 12.9. The van der Waals surface area contributed by atoms with Gasteiger partial charge in [0.1, 0.15) is 11.8 Å². The monoisotopic (exact) mass is 331 g/mol. The average Bonchev–Trinajstić information content (AvgIpc) is 2.81. The summed E-state index contributed by atoms with van der Waals surface area (Å²) >= 11 is 0. The first-order chi connectivity index (χ1) is 11.5. The van der Waals surface area contributed by atoms with Gasteiger partial charge < -0.3 is 10.5 Å². The van der Waals surface area contributed by atoms with Gasteiger partial charge in [0.05, 0.1) is 17.7 Å². The van der Waals surface area contributed by atoms with Crippen molar-refractivity contribution < 1.29 is 23.9 Å². The van der Waals surface area contributed by atoms with Crippen LogP contribution in [0.25, 0.3) is 0 Å². The van der Waals surface area contributed by atoms with E-state index >= 15 is 0 Å². The molecule has 2 aliphatic heterocycles. The van der Waals surface area contributed by atoms with E-state index in [4.69, 9.17) is 10.5 Å². The number of fused-ring (bicyclic) bond motifs is 1. The molecule has 1 aromatic rings. The summed E-state index contributed by atoms with van der Waals surface area (Å²) in [6.45, 7) is 0.775. The highest BCUT2D eigenvalue weighted by molar-refractivity contribution is 6.24. The van der Waals surface area contributed by atoms with Gasteiger partial charge in [0.2, 0.25) is 11.8 Å². The largest absolute Gasteiger partial charge is 0.493 e. The fraction of sp³-hybridized carbons (Fsp3) is 0.375. The van der Waals surface area contributed by atoms with E-state index in [2.05, 4.69) is 5.32 Å². The van der Waals surface area contributed by atoms with Crippen LogP contribution in [0.5, 0.6) is 5.75 Å². The van der Waals surface area contributed by atoms with Crippen molar-refractivity contribution in [3.8, 4) is 5.75 Å². The van der Waals surface area contributed by atoms with Crippen LogP contribution >= 0.6 is 0 Å². The third-order valence-electron chi connectivity index (χ3n) is 4.04. The molecule has 2 aliphatic rings. The molecule has 8 heteroatoms. The molecule has 8 nitrogen and oxygen atoms in total. The van der Waals surface area contributed by atoms with Crippen molar-refractivity contribution in [1.82, 2.24) is 10.2 Å². The highest BCUT2D eigenvalue weighted by Crippen LogP contribution is 2.33. The van der Waals surface area contributed by atoms with Crippen molar-refractivity contribution in [3.05, 3.63) is 29.3 Å². The number of nitrogens with two attached hydrogens (primary N) is 1. The molecule has 1 fully saturated rings. The summed E-state index contributed by atoms with van der Waals surface area (Å²) < 4.78 is 5.55. The molecular weight excluding hydrogens is 314 g/mol. The molecule has 126 valence electrons. The zero-order valence-electron chi connectivity index (χ0n) is 12.9. The molecule has 3 N–H and O–H groups in total. The molecule has 3 rings (SSSR count). The number of carbonyl (C=O) groups is 4. The molecule has 1 saturated heterocycles. The molecular formula is C16H17N3O5. The molecule has 0 spiro atoms. The maximum atomic E-state index is 12.7. The molecule has 0 radical (unpaired) electrons. The Bertz CT molecular complexity index is 730. The standard InChI is InChI=1S/C16H17N3O5/c17-7-2-8-24-11-4-1-3-9-13(11)16(23)19(15(9)22)10-5-6-12(20)18-14(10)21/h1,3-4,10H,2,5-8,17H2,(H,18,20,21). The lowest BCUT2D eigenvalue weighted by Gasteiger charge is -2.27. The Morgan fingerprint density at radius 2 is 2.00 bits per heavy atom. The highest BCUT2D eigenvalue weighted by atomic mass is 16.5. The number of amides is 4. The number of hydrogen-bond donors (Lipinski definition) is 2. The number of benzene rings is 1. The molecule has 0 aliphatic carbocycles. The minimum atomic E-state index is -0.980. The lowest BCUT2D eigenvalue weighted by molar-refractivity contribution is -0.136. The molecule has 1 aromatic carbocycles. The van der Waals surface area contributed by atoms with Crippen LogP contribution in [0.4, 0.5) is 0 Å². The van der Waals surface area contributed by atoms with Gasteiger partial charge in [0, 0.05) is 6.42 Å². The Morgan fingerprint density at radius 3 is 2.71 bits per heavy atom. The van der Waals surface area contributed by atoms with Crippen molar-refractivity contribution in [2.45, 2.75) is 25.3 Å². The molecule has 2 heterocycles. The normalized spacial score (nSPS) is 20.2. The van der Waals surface area contributed by atoms with Crippen LogP contribution in [-0.4, -0.2) is 47.7 Å². The van der Waals surface area contributed by atoms with Gasteiger partial charge in [-0.1, -0.05) is 6.07 Å². The Hall–Kier alpha value is -2.74. The summed E-state index contributed by atoms with van der Waals surface area (Å²) in [5, 5.41) is 2.16. The third-order valence-corrected chi connectivity index (χ3v) is 4.04. The number of nitrogens with one attached hydrogen (secondary N) is 1. The number of hydrogen-bond acceptors (Lipinski definition) is 6. The van der Waals surface area contributed by atoms with Gasteiger partial charge in [-0.3, -0.25) is 29.4 Å². The lowest BCUT2D eigenvalue weighted by Crippen LogP contribution is -2.54. The van der Waals surface area contributed by atoms with Crippen LogP contribution in [0.1, 0.15) is 40.0 Å². The van der Waals surface area contributed by atoms with Gasteiger partial charge in [0.25, 0.3) is 11.8 Å². The van der Waals surface area contributed by atoms with Gasteiger partial charge in [-0.25, -0.2) is 0 Å². The van der Waals surface area contributed by atoms with Crippen molar-refractivity contribution in [3.63, 3.8) is 0 Å². The van der Waals surface area contributed by atoms with Crippen LogP contribution in [0, 0.1) is 0 Å². The van der Waals surface area contributed by atoms with Crippen LogP contribution in [0.15, 0.2) is 18.2 Å². The van der Waals surface area contributed by atoms with Gasteiger partial charge in [-0.05, 0) is 31.5 Å². The maximum Gasteiger partial charge on any atom is 0.266 e. The minimum Gasteiger partial charge on any atom is -0.493 e. The summed E-state index contributed by atoms with van der Waals surface area (Å²) in [5.41, 5.74) is 5.78. The van der Waals surface area contributed by atoms with E-state index in [1.54, 1.807) is 12.1 Å². The van der Waals surface area contributed by atoms with Gasteiger partial charge in [0.15, 0.2) is 0 Å². The van der Waals surface area contributed by atoms with Crippen LogP contribution < -0.4 is 15.8 Å². The quantitative estimate of drug-likeness (QED) is 0.570. The van der Waals surface area contributed by atoms with Gasteiger partial charge in [-0.15, -0.1) is 0 Å². The Balaban J connectivity index is 1.89. The van der Waals surface area contributed by atoms with E-state index in [9.17, 15) is 19.2 Å². The van der Waals surface area contributed by atoms with Crippen LogP contribution in [-0.2, 0) is 9.59 Å². The molecule has 24 heavy (non-hydrogen) atoms. The summed E-state index contributed by atoms with van der Waals surface area (Å²) in [4.78, 5) is 49.5. The summed E-state index contributed by atoms with van der Waals surface area (Å²) in [6, 6.07) is 3.77. The summed E-state index contributed by atoms with van der Waals surface area (Å²) in [5.74, 6) is -1.86. The second kappa shape index (κ2) is 6.40. The first kappa shape index (κ1) is 16.1. The second-order valence-corrected chi connectivity index (χ2v) is 5.62. The predicted octanol–water partition coefficient (Wildman–Crippen LogP) is -0.185. The van der Waals surface area contributed by atoms with Crippen molar-refractivity contribution >= 4 is 23.6 Å². The van der Waals surface area contributed by atoms with E-state index in [-0.39, 0.29) is 24.0 Å². The Morgan fingerprint density at radius 1 is 1.21 bits per heavy atom. The second-order valence-electron chi connectivity index (χ2n) is 5.62.